The number of alkyl halides is 1. The van der Waals surface area contributed by atoms with Crippen LogP contribution < -0.4 is 0 Å². The molecular formula is C16H20ClNO3. The second kappa shape index (κ2) is 7.46. The Morgan fingerprint density at radius 2 is 2.24 bits per heavy atom. The lowest BCUT2D eigenvalue weighted by Crippen LogP contribution is -2.42. The van der Waals surface area contributed by atoms with Crippen LogP contribution in [0.25, 0.3) is 0 Å². The fourth-order valence-corrected chi connectivity index (χ4v) is 2.75. The summed E-state index contributed by atoms with van der Waals surface area (Å²) in [7, 11) is 0. The van der Waals surface area contributed by atoms with Gasteiger partial charge in [-0.3, -0.25) is 9.59 Å². The number of piperidine rings is 1. The number of rotatable bonds is 4. The van der Waals surface area contributed by atoms with Crippen LogP contribution in [0.3, 0.4) is 0 Å². The van der Waals surface area contributed by atoms with Gasteiger partial charge in [0.15, 0.2) is 0 Å². The Morgan fingerprint density at radius 1 is 1.43 bits per heavy atom. The summed E-state index contributed by atoms with van der Waals surface area (Å²) in [5, 5.41) is 0. The van der Waals surface area contributed by atoms with E-state index in [1.807, 2.05) is 18.2 Å². The Labute approximate surface area is 130 Å². The number of ether oxygens (including phenoxy) is 1. The van der Waals surface area contributed by atoms with Gasteiger partial charge in [0.2, 0.25) is 0 Å². The highest BCUT2D eigenvalue weighted by molar-refractivity contribution is 6.17. The Bertz CT molecular complexity index is 518. The van der Waals surface area contributed by atoms with Gasteiger partial charge in [-0.15, -0.1) is 11.6 Å². The number of carbonyl (C=O) groups is 2. The van der Waals surface area contributed by atoms with Crippen molar-refractivity contribution >= 4 is 23.5 Å². The van der Waals surface area contributed by atoms with Crippen LogP contribution in [-0.2, 0) is 15.4 Å². The molecule has 2 rings (SSSR count). The summed E-state index contributed by atoms with van der Waals surface area (Å²) in [6.07, 6.45) is 1.61. The van der Waals surface area contributed by atoms with Crippen LogP contribution in [0, 0.1) is 5.92 Å². The first kappa shape index (κ1) is 15.8. The van der Waals surface area contributed by atoms with Crippen LogP contribution >= 0.6 is 11.6 Å². The van der Waals surface area contributed by atoms with Gasteiger partial charge in [0.05, 0.1) is 12.5 Å². The fraction of sp³-hybridized carbons (Fsp3) is 0.500. The predicted octanol–water partition coefficient (Wildman–Crippen LogP) is 2.84. The summed E-state index contributed by atoms with van der Waals surface area (Å²) in [6, 6.07) is 7.31. The summed E-state index contributed by atoms with van der Waals surface area (Å²) in [6.45, 7) is 3.28. The summed E-state index contributed by atoms with van der Waals surface area (Å²) >= 11 is 5.80. The van der Waals surface area contributed by atoms with Crippen LogP contribution in [0.2, 0.25) is 0 Å². The van der Waals surface area contributed by atoms with E-state index in [1.165, 1.54) is 0 Å². The fourth-order valence-electron chi connectivity index (χ4n) is 2.58. The van der Waals surface area contributed by atoms with Gasteiger partial charge in [-0.2, -0.15) is 0 Å². The van der Waals surface area contributed by atoms with Crippen molar-refractivity contribution < 1.29 is 14.3 Å². The number of hydrogen-bond donors (Lipinski definition) is 0. The molecule has 1 saturated heterocycles. The van der Waals surface area contributed by atoms with E-state index in [1.54, 1.807) is 17.9 Å². The average molecular weight is 310 g/mol. The molecule has 114 valence electrons. The third-order valence-electron chi connectivity index (χ3n) is 3.66. The number of amides is 1. The number of halogens is 1. The van der Waals surface area contributed by atoms with Gasteiger partial charge in [-0.25, -0.2) is 0 Å². The van der Waals surface area contributed by atoms with Crippen molar-refractivity contribution in [3.63, 3.8) is 0 Å². The molecule has 0 aliphatic carbocycles. The first-order valence-electron chi connectivity index (χ1n) is 7.26. The van der Waals surface area contributed by atoms with Crippen LogP contribution in [0.1, 0.15) is 35.7 Å². The van der Waals surface area contributed by atoms with E-state index in [-0.39, 0.29) is 17.8 Å². The maximum Gasteiger partial charge on any atom is 0.310 e. The van der Waals surface area contributed by atoms with E-state index in [0.717, 1.165) is 18.4 Å². The molecule has 1 aromatic rings. The molecule has 0 bridgehead atoms. The standard InChI is InChI=1S/C16H20ClNO3/c1-2-21-16(20)14-7-4-8-18(11-14)15(19)13-6-3-5-12(9-13)10-17/h3,5-6,9,14H,2,4,7-8,10-11H2,1H3. The lowest BCUT2D eigenvalue weighted by Gasteiger charge is -2.31. The van der Waals surface area contributed by atoms with Gasteiger partial charge < -0.3 is 9.64 Å². The molecule has 1 heterocycles. The monoisotopic (exact) mass is 309 g/mol. The van der Waals surface area contributed by atoms with Gasteiger partial charge in [-0.05, 0) is 37.5 Å². The number of carbonyl (C=O) groups excluding carboxylic acids is 2. The van der Waals surface area contributed by atoms with E-state index >= 15 is 0 Å². The molecule has 1 aromatic carbocycles. The molecule has 0 spiro atoms. The minimum absolute atomic E-state index is 0.0454. The minimum Gasteiger partial charge on any atom is -0.466 e. The normalized spacial score (nSPS) is 18.4. The van der Waals surface area contributed by atoms with Crippen molar-refractivity contribution in [2.45, 2.75) is 25.6 Å². The number of likely N-dealkylation sites (tertiary alicyclic amines) is 1. The lowest BCUT2D eigenvalue weighted by atomic mass is 9.97. The van der Waals surface area contributed by atoms with E-state index in [4.69, 9.17) is 16.3 Å². The Kier molecular flexibility index (Phi) is 5.62. The summed E-state index contributed by atoms with van der Waals surface area (Å²) in [5.41, 5.74) is 1.54. The molecule has 1 unspecified atom stereocenters. The van der Waals surface area contributed by atoms with Crippen molar-refractivity contribution in [1.29, 1.82) is 0 Å². The van der Waals surface area contributed by atoms with Gasteiger partial charge in [0.25, 0.3) is 5.91 Å². The third-order valence-corrected chi connectivity index (χ3v) is 3.97. The van der Waals surface area contributed by atoms with E-state index in [9.17, 15) is 9.59 Å². The lowest BCUT2D eigenvalue weighted by molar-refractivity contribution is -0.149. The minimum atomic E-state index is -0.209. The maximum absolute atomic E-state index is 12.5. The van der Waals surface area contributed by atoms with Gasteiger partial charge in [0, 0.05) is 24.5 Å². The van der Waals surface area contributed by atoms with Crippen molar-refractivity contribution in [2.24, 2.45) is 5.92 Å². The average Bonchev–Trinajstić information content (AvgIpc) is 2.54. The quantitative estimate of drug-likeness (QED) is 0.634. The molecule has 0 N–H and O–H groups in total. The van der Waals surface area contributed by atoms with E-state index < -0.39 is 0 Å². The highest BCUT2D eigenvalue weighted by Gasteiger charge is 2.29. The molecular weight excluding hydrogens is 290 g/mol. The third kappa shape index (κ3) is 3.97. The highest BCUT2D eigenvalue weighted by Crippen LogP contribution is 2.20. The zero-order valence-electron chi connectivity index (χ0n) is 12.2. The Hall–Kier alpha value is -1.55. The van der Waals surface area contributed by atoms with E-state index in [0.29, 0.717) is 31.1 Å². The number of esters is 1. The maximum atomic E-state index is 12.5. The summed E-state index contributed by atoms with van der Waals surface area (Å²) in [5.74, 6) is -0.0774. The zero-order valence-corrected chi connectivity index (χ0v) is 12.9. The molecule has 1 amide bonds. The topological polar surface area (TPSA) is 46.6 Å². The Morgan fingerprint density at radius 3 is 2.95 bits per heavy atom. The number of nitrogens with zero attached hydrogens (tertiary/aromatic N) is 1. The zero-order chi connectivity index (χ0) is 15.2. The van der Waals surface area contributed by atoms with Gasteiger partial charge >= 0.3 is 5.97 Å². The van der Waals surface area contributed by atoms with Crippen LogP contribution in [-0.4, -0.2) is 36.5 Å². The van der Waals surface area contributed by atoms with Crippen LogP contribution in [0.4, 0.5) is 0 Å². The highest BCUT2D eigenvalue weighted by atomic mass is 35.5. The molecule has 0 aromatic heterocycles. The Balaban J connectivity index is 2.06. The molecule has 1 aliphatic heterocycles. The van der Waals surface area contributed by atoms with Gasteiger partial charge in [-0.1, -0.05) is 12.1 Å². The number of benzene rings is 1. The molecule has 5 heteroatoms. The summed E-state index contributed by atoms with van der Waals surface area (Å²) < 4.78 is 5.06. The largest absolute Gasteiger partial charge is 0.466 e. The van der Waals surface area contributed by atoms with Crippen molar-refractivity contribution in [3.8, 4) is 0 Å². The van der Waals surface area contributed by atoms with E-state index in [2.05, 4.69) is 0 Å². The second-order valence-electron chi connectivity index (χ2n) is 5.18. The van der Waals surface area contributed by atoms with Crippen LogP contribution in [0.15, 0.2) is 24.3 Å². The molecule has 0 saturated carbocycles. The molecule has 1 atom stereocenters. The molecule has 1 fully saturated rings. The first-order valence-corrected chi connectivity index (χ1v) is 7.80. The predicted molar refractivity (Wildman–Crippen MR) is 81.3 cm³/mol. The molecule has 0 radical (unpaired) electrons. The van der Waals surface area contributed by atoms with Crippen molar-refractivity contribution in [1.82, 2.24) is 4.90 Å². The summed E-state index contributed by atoms with van der Waals surface area (Å²) in [4.78, 5) is 26.1. The molecule has 4 nitrogen and oxygen atoms in total. The molecule has 21 heavy (non-hydrogen) atoms. The van der Waals surface area contributed by atoms with Crippen LogP contribution in [0.5, 0.6) is 0 Å². The van der Waals surface area contributed by atoms with Crippen molar-refractivity contribution in [2.75, 3.05) is 19.7 Å². The SMILES string of the molecule is CCOC(=O)C1CCCN(C(=O)c2cccc(CCl)c2)C1. The first-order chi connectivity index (χ1) is 10.2. The smallest absolute Gasteiger partial charge is 0.310 e. The van der Waals surface area contributed by atoms with Crippen molar-refractivity contribution in [3.05, 3.63) is 35.4 Å². The van der Waals surface area contributed by atoms with Gasteiger partial charge in [0.1, 0.15) is 0 Å². The molecule has 1 aliphatic rings. The second-order valence-corrected chi connectivity index (χ2v) is 5.44. The number of hydrogen-bond acceptors (Lipinski definition) is 3.